The summed E-state index contributed by atoms with van der Waals surface area (Å²) in [5, 5.41) is 0. The van der Waals surface area contributed by atoms with E-state index in [4.69, 9.17) is 16.9 Å². The van der Waals surface area contributed by atoms with Crippen LogP contribution in [-0.2, 0) is 4.74 Å². The van der Waals surface area contributed by atoms with Crippen LogP contribution in [0.1, 0.15) is 33.1 Å². The molecule has 1 rings (SSSR count). The second-order valence-electron chi connectivity index (χ2n) is 4.66. The first-order valence-corrected chi connectivity index (χ1v) is 6.17. The predicted molar refractivity (Wildman–Crippen MR) is 67.1 cm³/mol. The third-order valence-electron chi connectivity index (χ3n) is 3.85. The van der Waals surface area contributed by atoms with Crippen molar-refractivity contribution >= 4 is 0 Å². The highest BCUT2D eigenvalue weighted by atomic mass is 16.5. The predicted octanol–water partition coefficient (Wildman–Crippen LogP) is 1.23. The van der Waals surface area contributed by atoms with Gasteiger partial charge in [-0.15, -0.1) is 12.3 Å². The number of hydrogen-bond donors (Lipinski definition) is 1. The van der Waals surface area contributed by atoms with Crippen LogP contribution in [0, 0.1) is 12.3 Å². The van der Waals surface area contributed by atoms with Gasteiger partial charge in [0.05, 0.1) is 13.2 Å². The fraction of sp³-hybridized carbons (Fsp3) is 0.846. The van der Waals surface area contributed by atoms with Crippen LogP contribution >= 0.6 is 0 Å². The number of ether oxygens (including phenoxy) is 1. The monoisotopic (exact) mass is 224 g/mol. The number of nitrogens with zero attached hydrogens (tertiary/aromatic N) is 1. The van der Waals surface area contributed by atoms with Gasteiger partial charge in [0, 0.05) is 31.1 Å². The Kier molecular flexibility index (Phi) is 5.27. The van der Waals surface area contributed by atoms with E-state index in [0.717, 1.165) is 45.6 Å². The van der Waals surface area contributed by atoms with Crippen LogP contribution in [0.15, 0.2) is 0 Å². The van der Waals surface area contributed by atoms with Gasteiger partial charge in [0.2, 0.25) is 0 Å². The van der Waals surface area contributed by atoms with Gasteiger partial charge in [-0.2, -0.15) is 0 Å². The maximum absolute atomic E-state index is 6.30. The lowest BCUT2D eigenvalue weighted by Gasteiger charge is -2.46. The molecule has 0 amide bonds. The van der Waals surface area contributed by atoms with Crippen LogP contribution in [0.4, 0.5) is 0 Å². The minimum atomic E-state index is 0.0562. The first kappa shape index (κ1) is 13.5. The highest BCUT2D eigenvalue weighted by molar-refractivity contribution is 4.97. The topological polar surface area (TPSA) is 38.5 Å². The van der Waals surface area contributed by atoms with Crippen molar-refractivity contribution in [3.05, 3.63) is 0 Å². The van der Waals surface area contributed by atoms with Crippen molar-refractivity contribution < 1.29 is 4.74 Å². The van der Waals surface area contributed by atoms with Crippen molar-refractivity contribution in [3.8, 4) is 12.3 Å². The van der Waals surface area contributed by atoms with Crippen LogP contribution in [0.5, 0.6) is 0 Å². The van der Waals surface area contributed by atoms with Crippen molar-refractivity contribution in [1.82, 2.24) is 4.90 Å². The maximum atomic E-state index is 6.30. The standard InChI is InChI=1S/C13H24N2O/c1-4-6-7-12(14)13(3,5-2)15-8-10-16-11-9-15/h1,12H,5-11,14H2,2-3H3. The van der Waals surface area contributed by atoms with Gasteiger partial charge in [-0.3, -0.25) is 4.90 Å². The van der Waals surface area contributed by atoms with Gasteiger partial charge in [-0.25, -0.2) is 0 Å². The van der Waals surface area contributed by atoms with Crippen LogP contribution in [0.25, 0.3) is 0 Å². The smallest absolute Gasteiger partial charge is 0.0594 e. The minimum absolute atomic E-state index is 0.0562. The molecule has 0 aromatic heterocycles. The molecular formula is C13H24N2O. The molecule has 2 atom stereocenters. The van der Waals surface area contributed by atoms with E-state index < -0.39 is 0 Å². The van der Waals surface area contributed by atoms with Gasteiger partial charge in [0.25, 0.3) is 0 Å². The summed E-state index contributed by atoms with van der Waals surface area (Å²) in [5.74, 6) is 2.67. The molecule has 16 heavy (non-hydrogen) atoms. The average molecular weight is 224 g/mol. The zero-order valence-corrected chi connectivity index (χ0v) is 10.5. The summed E-state index contributed by atoms with van der Waals surface area (Å²) in [4.78, 5) is 2.46. The molecule has 0 aromatic carbocycles. The molecule has 0 bridgehead atoms. The quantitative estimate of drug-likeness (QED) is 0.714. The third kappa shape index (κ3) is 2.98. The molecular weight excluding hydrogens is 200 g/mol. The lowest BCUT2D eigenvalue weighted by molar-refractivity contribution is -0.0280. The van der Waals surface area contributed by atoms with Crippen molar-refractivity contribution in [2.75, 3.05) is 26.3 Å². The molecule has 0 aromatic rings. The summed E-state index contributed by atoms with van der Waals surface area (Å²) in [5.41, 5.74) is 6.36. The van der Waals surface area contributed by atoms with Gasteiger partial charge in [0.15, 0.2) is 0 Å². The number of hydrogen-bond acceptors (Lipinski definition) is 3. The summed E-state index contributed by atoms with van der Waals surface area (Å²) in [6, 6.07) is 0.145. The molecule has 1 saturated heterocycles. The van der Waals surface area contributed by atoms with Crippen molar-refractivity contribution in [3.63, 3.8) is 0 Å². The van der Waals surface area contributed by atoms with E-state index in [1.807, 2.05) is 0 Å². The highest BCUT2D eigenvalue weighted by Gasteiger charge is 2.36. The minimum Gasteiger partial charge on any atom is -0.379 e. The molecule has 2 N–H and O–H groups in total. The largest absolute Gasteiger partial charge is 0.379 e. The summed E-state index contributed by atoms with van der Waals surface area (Å²) >= 11 is 0. The molecule has 2 unspecified atom stereocenters. The van der Waals surface area contributed by atoms with Crippen LogP contribution in [0.3, 0.4) is 0 Å². The van der Waals surface area contributed by atoms with E-state index in [2.05, 4.69) is 24.7 Å². The van der Waals surface area contributed by atoms with E-state index in [9.17, 15) is 0 Å². The Morgan fingerprint density at radius 3 is 2.62 bits per heavy atom. The molecule has 0 radical (unpaired) electrons. The number of terminal acetylenes is 1. The molecule has 92 valence electrons. The average Bonchev–Trinajstić information content (AvgIpc) is 2.35. The van der Waals surface area contributed by atoms with Crippen LogP contribution < -0.4 is 5.73 Å². The van der Waals surface area contributed by atoms with E-state index in [0.29, 0.717) is 0 Å². The van der Waals surface area contributed by atoms with Crippen LogP contribution in [-0.4, -0.2) is 42.8 Å². The van der Waals surface area contributed by atoms with Gasteiger partial charge in [-0.1, -0.05) is 6.92 Å². The number of morpholine rings is 1. The zero-order valence-electron chi connectivity index (χ0n) is 10.5. The summed E-state index contributed by atoms with van der Waals surface area (Å²) in [6.07, 6.45) is 8.02. The Hall–Kier alpha value is -0.560. The van der Waals surface area contributed by atoms with Crippen molar-refractivity contribution in [2.24, 2.45) is 5.73 Å². The summed E-state index contributed by atoms with van der Waals surface area (Å²) < 4.78 is 5.39. The molecule has 1 aliphatic heterocycles. The second-order valence-corrected chi connectivity index (χ2v) is 4.66. The van der Waals surface area contributed by atoms with Crippen molar-refractivity contribution in [1.29, 1.82) is 0 Å². The Morgan fingerprint density at radius 1 is 1.50 bits per heavy atom. The summed E-state index contributed by atoms with van der Waals surface area (Å²) in [6.45, 7) is 8.04. The van der Waals surface area contributed by atoms with Gasteiger partial charge in [-0.05, 0) is 19.8 Å². The van der Waals surface area contributed by atoms with Gasteiger partial charge >= 0.3 is 0 Å². The Balaban J connectivity index is 2.63. The third-order valence-corrected chi connectivity index (χ3v) is 3.85. The molecule has 0 spiro atoms. The lowest BCUT2D eigenvalue weighted by atomic mass is 9.85. The van der Waals surface area contributed by atoms with E-state index in [1.54, 1.807) is 0 Å². The lowest BCUT2D eigenvalue weighted by Crippen LogP contribution is -2.60. The fourth-order valence-electron chi connectivity index (χ4n) is 2.34. The van der Waals surface area contributed by atoms with Gasteiger partial charge in [0.1, 0.15) is 0 Å². The fourth-order valence-corrected chi connectivity index (χ4v) is 2.34. The molecule has 0 saturated carbocycles. The SMILES string of the molecule is C#CCCC(N)C(C)(CC)N1CCOCC1. The van der Waals surface area contributed by atoms with E-state index in [-0.39, 0.29) is 11.6 Å². The van der Waals surface area contributed by atoms with Gasteiger partial charge < -0.3 is 10.5 Å². The Labute approximate surface area is 99.3 Å². The Bertz CT molecular complexity index is 243. The molecule has 0 aliphatic carbocycles. The van der Waals surface area contributed by atoms with E-state index >= 15 is 0 Å². The normalized spacial score (nSPS) is 23.4. The molecule has 1 heterocycles. The second kappa shape index (κ2) is 6.24. The van der Waals surface area contributed by atoms with E-state index in [1.165, 1.54) is 0 Å². The maximum Gasteiger partial charge on any atom is 0.0594 e. The number of rotatable bonds is 5. The Morgan fingerprint density at radius 2 is 2.12 bits per heavy atom. The molecule has 3 nitrogen and oxygen atoms in total. The van der Waals surface area contributed by atoms with Crippen molar-refractivity contribution in [2.45, 2.75) is 44.7 Å². The molecule has 1 aliphatic rings. The van der Waals surface area contributed by atoms with Crippen LogP contribution in [0.2, 0.25) is 0 Å². The zero-order chi connectivity index (χ0) is 12.0. The summed E-state index contributed by atoms with van der Waals surface area (Å²) in [7, 11) is 0. The first-order chi connectivity index (χ1) is 7.65. The highest BCUT2D eigenvalue weighted by Crippen LogP contribution is 2.25. The number of nitrogens with two attached hydrogens (primary N) is 1. The molecule has 3 heteroatoms. The first-order valence-electron chi connectivity index (χ1n) is 6.17. The molecule has 1 fully saturated rings.